The van der Waals surface area contributed by atoms with Gasteiger partial charge >= 0.3 is 0 Å². The second-order valence-corrected chi connectivity index (χ2v) is 2.48. The molecule has 3 heteroatoms. The molecule has 0 saturated heterocycles. The summed E-state index contributed by atoms with van der Waals surface area (Å²) in [6, 6.07) is 0. The number of hydrogen-bond acceptors (Lipinski definition) is 2. The molecule has 0 aromatic rings. The highest BCUT2D eigenvalue weighted by atomic mass is 16.5. The maximum atomic E-state index is 11.1. The SMILES string of the molecule is C=CCCOC(C)C(=O)NCC. The van der Waals surface area contributed by atoms with Crippen molar-refractivity contribution in [1.82, 2.24) is 5.32 Å². The highest BCUT2D eigenvalue weighted by molar-refractivity contribution is 5.80. The van der Waals surface area contributed by atoms with Crippen molar-refractivity contribution in [2.45, 2.75) is 26.4 Å². The fourth-order valence-electron chi connectivity index (χ4n) is 0.722. The highest BCUT2D eigenvalue weighted by Crippen LogP contribution is 1.92. The molecule has 0 aliphatic carbocycles. The topological polar surface area (TPSA) is 38.3 Å². The molecule has 0 spiro atoms. The molecule has 0 aliphatic rings. The second-order valence-electron chi connectivity index (χ2n) is 2.48. The van der Waals surface area contributed by atoms with Crippen LogP contribution in [0.4, 0.5) is 0 Å². The van der Waals surface area contributed by atoms with E-state index in [0.717, 1.165) is 6.42 Å². The summed E-state index contributed by atoms with van der Waals surface area (Å²) < 4.78 is 5.21. The number of carbonyl (C=O) groups excluding carboxylic acids is 1. The number of rotatable bonds is 6. The van der Waals surface area contributed by atoms with E-state index >= 15 is 0 Å². The van der Waals surface area contributed by atoms with Crippen LogP contribution in [0.3, 0.4) is 0 Å². The van der Waals surface area contributed by atoms with E-state index in [1.165, 1.54) is 0 Å². The lowest BCUT2D eigenvalue weighted by molar-refractivity contribution is -0.131. The fourth-order valence-corrected chi connectivity index (χ4v) is 0.722. The third kappa shape index (κ3) is 4.91. The molecule has 12 heavy (non-hydrogen) atoms. The van der Waals surface area contributed by atoms with Crippen molar-refractivity contribution < 1.29 is 9.53 Å². The van der Waals surface area contributed by atoms with E-state index in [0.29, 0.717) is 13.2 Å². The van der Waals surface area contributed by atoms with Crippen molar-refractivity contribution in [3.8, 4) is 0 Å². The van der Waals surface area contributed by atoms with Crippen molar-refractivity contribution in [2.75, 3.05) is 13.2 Å². The lowest BCUT2D eigenvalue weighted by atomic mass is 10.3. The van der Waals surface area contributed by atoms with Gasteiger partial charge in [-0.15, -0.1) is 6.58 Å². The molecular formula is C9H17NO2. The van der Waals surface area contributed by atoms with E-state index in [9.17, 15) is 4.79 Å². The van der Waals surface area contributed by atoms with Gasteiger partial charge in [0.1, 0.15) is 6.10 Å². The summed E-state index contributed by atoms with van der Waals surface area (Å²) in [5.74, 6) is -0.0541. The minimum Gasteiger partial charge on any atom is -0.368 e. The van der Waals surface area contributed by atoms with Gasteiger partial charge in [0, 0.05) is 6.54 Å². The lowest BCUT2D eigenvalue weighted by Crippen LogP contribution is -2.34. The van der Waals surface area contributed by atoms with Crippen molar-refractivity contribution in [3.63, 3.8) is 0 Å². The molecule has 1 N–H and O–H groups in total. The van der Waals surface area contributed by atoms with Crippen LogP contribution in [0.25, 0.3) is 0 Å². The maximum absolute atomic E-state index is 11.1. The molecule has 0 heterocycles. The first kappa shape index (κ1) is 11.2. The molecule has 0 rings (SSSR count). The lowest BCUT2D eigenvalue weighted by Gasteiger charge is -2.11. The zero-order valence-corrected chi connectivity index (χ0v) is 7.80. The number of nitrogens with one attached hydrogen (secondary N) is 1. The van der Waals surface area contributed by atoms with Crippen molar-refractivity contribution >= 4 is 5.91 Å². The van der Waals surface area contributed by atoms with Gasteiger partial charge in [-0.1, -0.05) is 6.08 Å². The zero-order valence-electron chi connectivity index (χ0n) is 7.80. The highest BCUT2D eigenvalue weighted by Gasteiger charge is 2.10. The van der Waals surface area contributed by atoms with Crippen molar-refractivity contribution in [2.24, 2.45) is 0 Å². The molecule has 0 saturated carbocycles. The number of likely N-dealkylation sites (N-methyl/N-ethyl adjacent to an activating group) is 1. The van der Waals surface area contributed by atoms with Crippen LogP contribution in [0.5, 0.6) is 0 Å². The van der Waals surface area contributed by atoms with Crippen molar-refractivity contribution in [3.05, 3.63) is 12.7 Å². The Kier molecular flexibility index (Phi) is 6.38. The van der Waals surface area contributed by atoms with E-state index in [1.807, 2.05) is 6.92 Å². The fraction of sp³-hybridized carbons (Fsp3) is 0.667. The Labute approximate surface area is 73.8 Å². The van der Waals surface area contributed by atoms with Gasteiger partial charge in [0.25, 0.3) is 0 Å². The van der Waals surface area contributed by atoms with E-state index < -0.39 is 0 Å². The Bertz CT molecular complexity index is 145. The van der Waals surface area contributed by atoms with Gasteiger partial charge in [0.05, 0.1) is 6.61 Å². The molecule has 1 unspecified atom stereocenters. The van der Waals surface area contributed by atoms with Gasteiger partial charge < -0.3 is 10.1 Å². The number of amides is 1. The Morgan fingerprint density at radius 2 is 2.42 bits per heavy atom. The smallest absolute Gasteiger partial charge is 0.248 e. The first-order valence-electron chi connectivity index (χ1n) is 4.22. The first-order chi connectivity index (χ1) is 5.72. The largest absolute Gasteiger partial charge is 0.368 e. The molecule has 0 bridgehead atoms. The van der Waals surface area contributed by atoms with E-state index in [4.69, 9.17) is 4.74 Å². The van der Waals surface area contributed by atoms with E-state index in [2.05, 4.69) is 11.9 Å². The summed E-state index contributed by atoms with van der Waals surface area (Å²) >= 11 is 0. The Balaban J connectivity index is 3.49. The minimum atomic E-state index is -0.357. The van der Waals surface area contributed by atoms with Gasteiger partial charge in [-0.2, -0.15) is 0 Å². The summed E-state index contributed by atoms with van der Waals surface area (Å²) in [5.41, 5.74) is 0. The van der Waals surface area contributed by atoms with Crippen LogP contribution in [0, 0.1) is 0 Å². The third-order valence-electron chi connectivity index (χ3n) is 1.41. The van der Waals surface area contributed by atoms with Crippen LogP contribution in [0.15, 0.2) is 12.7 Å². The quantitative estimate of drug-likeness (QED) is 0.480. The average molecular weight is 171 g/mol. The summed E-state index contributed by atoms with van der Waals surface area (Å²) in [6.07, 6.45) is 2.19. The molecule has 0 radical (unpaired) electrons. The molecule has 3 nitrogen and oxygen atoms in total. The van der Waals surface area contributed by atoms with Gasteiger partial charge in [0.2, 0.25) is 5.91 Å². The van der Waals surface area contributed by atoms with Crippen LogP contribution in [-0.4, -0.2) is 25.2 Å². The minimum absolute atomic E-state index is 0.0541. The number of hydrogen-bond donors (Lipinski definition) is 1. The normalized spacial score (nSPS) is 12.2. The number of ether oxygens (including phenoxy) is 1. The monoisotopic (exact) mass is 171 g/mol. The molecule has 1 atom stereocenters. The predicted octanol–water partition coefficient (Wildman–Crippen LogP) is 1.10. The standard InChI is InChI=1S/C9H17NO2/c1-4-6-7-12-8(3)9(11)10-5-2/h4,8H,1,5-7H2,2-3H3,(H,10,11). The summed E-state index contributed by atoms with van der Waals surface area (Å²) in [7, 11) is 0. The Hall–Kier alpha value is -0.830. The van der Waals surface area contributed by atoms with Gasteiger partial charge in [-0.3, -0.25) is 4.79 Å². The molecule has 0 aromatic heterocycles. The summed E-state index contributed by atoms with van der Waals surface area (Å²) in [4.78, 5) is 11.1. The van der Waals surface area contributed by atoms with Crippen LogP contribution >= 0.6 is 0 Å². The van der Waals surface area contributed by atoms with Crippen LogP contribution in [-0.2, 0) is 9.53 Å². The first-order valence-corrected chi connectivity index (χ1v) is 4.22. The molecule has 0 fully saturated rings. The zero-order chi connectivity index (χ0) is 9.40. The van der Waals surface area contributed by atoms with Crippen LogP contribution < -0.4 is 5.32 Å². The molecule has 0 aromatic carbocycles. The molecule has 0 aliphatic heterocycles. The van der Waals surface area contributed by atoms with Gasteiger partial charge in [-0.25, -0.2) is 0 Å². The van der Waals surface area contributed by atoms with Crippen molar-refractivity contribution in [1.29, 1.82) is 0 Å². The Morgan fingerprint density at radius 3 is 2.92 bits per heavy atom. The maximum Gasteiger partial charge on any atom is 0.248 e. The number of carbonyl (C=O) groups is 1. The predicted molar refractivity (Wildman–Crippen MR) is 48.9 cm³/mol. The summed E-state index contributed by atoms with van der Waals surface area (Å²) in [5, 5.41) is 2.68. The van der Waals surface area contributed by atoms with E-state index in [1.54, 1.807) is 13.0 Å². The third-order valence-corrected chi connectivity index (χ3v) is 1.41. The average Bonchev–Trinajstić information content (AvgIpc) is 2.05. The van der Waals surface area contributed by atoms with Crippen LogP contribution in [0.2, 0.25) is 0 Å². The van der Waals surface area contributed by atoms with Gasteiger partial charge in [-0.05, 0) is 20.3 Å². The summed E-state index contributed by atoms with van der Waals surface area (Å²) in [6.45, 7) is 8.39. The Morgan fingerprint density at radius 1 is 1.75 bits per heavy atom. The van der Waals surface area contributed by atoms with Gasteiger partial charge in [0.15, 0.2) is 0 Å². The second kappa shape index (κ2) is 6.85. The molecule has 1 amide bonds. The van der Waals surface area contributed by atoms with Crippen LogP contribution in [0.1, 0.15) is 20.3 Å². The van der Waals surface area contributed by atoms with E-state index in [-0.39, 0.29) is 12.0 Å². The molecule has 70 valence electrons. The molecular weight excluding hydrogens is 154 g/mol.